The number of hydrogen-bond acceptors (Lipinski definition) is 2. The molecule has 0 aromatic rings. The second kappa shape index (κ2) is 7.98. The van der Waals surface area contributed by atoms with Gasteiger partial charge in [0, 0.05) is 26.0 Å². The molecule has 1 rings (SSSR count). The molecular formula is C6H12BF4KN2. The van der Waals surface area contributed by atoms with E-state index in [0.717, 1.165) is 13.2 Å². The third kappa shape index (κ3) is 12.8. The van der Waals surface area contributed by atoms with Crippen LogP contribution >= 0.6 is 0 Å². The minimum absolute atomic E-state index is 0. The summed E-state index contributed by atoms with van der Waals surface area (Å²) in [6, 6.07) is 0. The predicted octanol–water partition coefficient (Wildman–Crippen LogP) is -1.01. The zero-order chi connectivity index (χ0) is 10.5. The molecule has 1 heterocycles. The molecule has 0 saturated heterocycles. The van der Waals surface area contributed by atoms with Gasteiger partial charge < -0.3 is 27.1 Å². The van der Waals surface area contributed by atoms with Crippen LogP contribution in [0.5, 0.6) is 0 Å². The van der Waals surface area contributed by atoms with Crippen LogP contribution in [0, 0.1) is 0 Å². The van der Waals surface area contributed by atoms with Crippen molar-refractivity contribution in [2.75, 3.05) is 20.3 Å². The molecule has 1 aliphatic rings. The Balaban J connectivity index is 0. The molecule has 0 aromatic heterocycles. The van der Waals surface area contributed by atoms with E-state index in [1.807, 2.05) is 0 Å². The van der Waals surface area contributed by atoms with Gasteiger partial charge in [-0.2, -0.15) is 0 Å². The average molecular weight is 238 g/mol. The summed E-state index contributed by atoms with van der Waals surface area (Å²) in [5.41, 5.74) is 0. The second-order valence-corrected chi connectivity index (χ2v) is 2.60. The maximum absolute atomic E-state index is 9.75. The molecule has 0 N–H and O–H groups in total. The van der Waals surface area contributed by atoms with Gasteiger partial charge in [0.05, 0.1) is 6.67 Å². The normalized spacial score (nSPS) is 14.7. The Bertz CT molecular complexity index is 170. The SMILES string of the molecule is CCN1C=CN(C)C1.F[B-](F)(F)F.[K+]. The van der Waals surface area contributed by atoms with E-state index in [2.05, 4.69) is 36.2 Å². The van der Waals surface area contributed by atoms with E-state index in [-0.39, 0.29) is 51.4 Å². The molecule has 0 unspecified atom stereocenters. The first kappa shape index (κ1) is 17.2. The number of hydrogen-bond donors (Lipinski definition) is 0. The van der Waals surface area contributed by atoms with Gasteiger partial charge in [-0.25, -0.2) is 0 Å². The van der Waals surface area contributed by atoms with Crippen LogP contribution in [-0.2, 0) is 0 Å². The van der Waals surface area contributed by atoms with Crippen molar-refractivity contribution in [2.24, 2.45) is 0 Å². The molecule has 0 aromatic carbocycles. The van der Waals surface area contributed by atoms with Crippen molar-refractivity contribution in [2.45, 2.75) is 6.92 Å². The van der Waals surface area contributed by atoms with Crippen molar-refractivity contribution < 1.29 is 68.6 Å². The summed E-state index contributed by atoms with van der Waals surface area (Å²) >= 11 is 0. The summed E-state index contributed by atoms with van der Waals surface area (Å²) < 4.78 is 39.0. The molecule has 1 aliphatic heterocycles. The van der Waals surface area contributed by atoms with Crippen LogP contribution in [0.4, 0.5) is 17.3 Å². The van der Waals surface area contributed by atoms with E-state index < -0.39 is 7.25 Å². The molecule has 0 saturated carbocycles. The summed E-state index contributed by atoms with van der Waals surface area (Å²) in [4.78, 5) is 4.41. The molecular weight excluding hydrogens is 226 g/mol. The van der Waals surface area contributed by atoms with E-state index >= 15 is 0 Å². The average Bonchev–Trinajstić information content (AvgIpc) is 2.31. The molecule has 0 amide bonds. The van der Waals surface area contributed by atoms with Gasteiger partial charge >= 0.3 is 58.6 Å². The Morgan fingerprint density at radius 1 is 1.21 bits per heavy atom. The smallest absolute Gasteiger partial charge is 0.418 e. The standard InChI is InChI=1S/C6H12N2.BF4.K/c1-3-8-5-4-7(2)6-8;2-1(3,4)5;/h4-5H,3,6H2,1-2H3;;/q;-1;+1. The summed E-state index contributed by atoms with van der Waals surface area (Å²) in [5, 5.41) is 0. The van der Waals surface area contributed by atoms with E-state index in [1.165, 1.54) is 0 Å². The minimum atomic E-state index is -6.00. The van der Waals surface area contributed by atoms with Crippen LogP contribution in [-0.4, -0.2) is 37.3 Å². The van der Waals surface area contributed by atoms with Crippen molar-refractivity contribution >= 4 is 7.25 Å². The first-order valence-corrected chi connectivity index (χ1v) is 3.83. The molecule has 78 valence electrons. The van der Waals surface area contributed by atoms with Crippen molar-refractivity contribution in [3.05, 3.63) is 12.4 Å². The predicted molar refractivity (Wildman–Crippen MR) is 44.3 cm³/mol. The van der Waals surface area contributed by atoms with Crippen LogP contribution in [0.3, 0.4) is 0 Å². The Labute approximate surface area is 124 Å². The van der Waals surface area contributed by atoms with Crippen molar-refractivity contribution in [3.63, 3.8) is 0 Å². The summed E-state index contributed by atoms with van der Waals surface area (Å²) in [6.07, 6.45) is 4.20. The molecule has 0 fully saturated rings. The van der Waals surface area contributed by atoms with Gasteiger partial charge in [0.15, 0.2) is 0 Å². The monoisotopic (exact) mass is 238 g/mol. The molecule has 0 radical (unpaired) electrons. The molecule has 0 aliphatic carbocycles. The van der Waals surface area contributed by atoms with Gasteiger partial charge in [-0.15, -0.1) is 0 Å². The molecule has 14 heavy (non-hydrogen) atoms. The zero-order valence-corrected chi connectivity index (χ0v) is 11.7. The number of rotatable bonds is 1. The fourth-order valence-electron chi connectivity index (χ4n) is 0.794. The van der Waals surface area contributed by atoms with Crippen LogP contribution in [0.1, 0.15) is 6.92 Å². The quantitative estimate of drug-likeness (QED) is 0.426. The molecule has 8 heteroatoms. The third-order valence-electron chi connectivity index (χ3n) is 1.34. The van der Waals surface area contributed by atoms with Crippen molar-refractivity contribution in [1.29, 1.82) is 0 Å². The zero-order valence-electron chi connectivity index (χ0n) is 8.55. The number of halogens is 4. The second-order valence-electron chi connectivity index (χ2n) is 2.60. The Kier molecular flexibility index (Phi) is 9.78. The maximum Gasteiger partial charge on any atom is 1.00 e. The van der Waals surface area contributed by atoms with E-state index in [1.54, 1.807) is 0 Å². The number of nitrogens with zero attached hydrogens (tertiary/aromatic N) is 2. The van der Waals surface area contributed by atoms with Gasteiger partial charge in [-0.1, -0.05) is 0 Å². The topological polar surface area (TPSA) is 6.48 Å². The fraction of sp³-hybridized carbons (Fsp3) is 0.667. The Hall–Kier alpha value is 0.761. The Morgan fingerprint density at radius 2 is 1.64 bits per heavy atom. The van der Waals surface area contributed by atoms with Crippen molar-refractivity contribution in [3.8, 4) is 0 Å². The largest absolute Gasteiger partial charge is 1.00 e. The van der Waals surface area contributed by atoms with Crippen LogP contribution in [0.15, 0.2) is 12.4 Å². The molecule has 0 atom stereocenters. The minimum Gasteiger partial charge on any atom is -0.418 e. The van der Waals surface area contributed by atoms with Crippen LogP contribution < -0.4 is 51.4 Å². The Morgan fingerprint density at radius 3 is 1.79 bits per heavy atom. The van der Waals surface area contributed by atoms with Gasteiger partial charge in [0.2, 0.25) is 0 Å². The molecule has 0 spiro atoms. The summed E-state index contributed by atoms with van der Waals surface area (Å²) in [5.74, 6) is 0. The fourth-order valence-corrected chi connectivity index (χ4v) is 0.794. The first-order chi connectivity index (χ1) is 5.83. The van der Waals surface area contributed by atoms with Crippen LogP contribution in [0.2, 0.25) is 0 Å². The van der Waals surface area contributed by atoms with Crippen molar-refractivity contribution in [1.82, 2.24) is 9.80 Å². The van der Waals surface area contributed by atoms with Gasteiger partial charge in [-0.05, 0) is 6.92 Å². The van der Waals surface area contributed by atoms with Gasteiger partial charge in [-0.3, -0.25) is 0 Å². The van der Waals surface area contributed by atoms with Gasteiger partial charge in [0.25, 0.3) is 0 Å². The first-order valence-electron chi connectivity index (χ1n) is 3.83. The van der Waals surface area contributed by atoms with E-state index in [9.17, 15) is 17.3 Å². The molecule has 0 bridgehead atoms. The van der Waals surface area contributed by atoms with Crippen LogP contribution in [0.25, 0.3) is 0 Å². The van der Waals surface area contributed by atoms with E-state index in [0.29, 0.717) is 0 Å². The van der Waals surface area contributed by atoms with E-state index in [4.69, 9.17) is 0 Å². The summed E-state index contributed by atoms with van der Waals surface area (Å²) in [7, 11) is -3.92. The third-order valence-corrected chi connectivity index (χ3v) is 1.34. The summed E-state index contributed by atoms with van der Waals surface area (Å²) in [6.45, 7) is 4.32. The van der Waals surface area contributed by atoms with Gasteiger partial charge in [0.1, 0.15) is 0 Å². The maximum atomic E-state index is 9.75. The molecule has 2 nitrogen and oxygen atoms in total.